The minimum absolute atomic E-state index is 0.175. The SMILES string of the molecule is CC(C)Cc1cc(N=O)cc(C(F)(F)F)c1. The Morgan fingerprint density at radius 2 is 1.88 bits per heavy atom. The molecule has 0 aliphatic carbocycles. The molecule has 2 nitrogen and oxygen atoms in total. The summed E-state index contributed by atoms with van der Waals surface area (Å²) in [5.74, 6) is 0.225. The third-order valence-corrected chi connectivity index (χ3v) is 2.05. The highest BCUT2D eigenvalue weighted by Crippen LogP contribution is 2.33. The molecular formula is C11H12F3NO. The Balaban J connectivity index is 3.16. The van der Waals surface area contributed by atoms with Crippen molar-refractivity contribution in [3.63, 3.8) is 0 Å². The Morgan fingerprint density at radius 3 is 2.31 bits per heavy atom. The van der Waals surface area contributed by atoms with E-state index in [0.29, 0.717) is 12.0 Å². The average molecular weight is 231 g/mol. The Kier molecular flexibility index (Phi) is 3.67. The van der Waals surface area contributed by atoms with Crippen LogP contribution in [0.25, 0.3) is 0 Å². The van der Waals surface area contributed by atoms with Crippen LogP contribution >= 0.6 is 0 Å². The van der Waals surface area contributed by atoms with Crippen LogP contribution in [0.5, 0.6) is 0 Å². The smallest absolute Gasteiger partial charge is 0.166 e. The zero-order valence-electron chi connectivity index (χ0n) is 9.01. The van der Waals surface area contributed by atoms with Crippen molar-refractivity contribution in [2.24, 2.45) is 11.1 Å². The van der Waals surface area contributed by atoms with Crippen molar-refractivity contribution < 1.29 is 13.2 Å². The quantitative estimate of drug-likeness (QED) is 0.713. The number of benzene rings is 1. The summed E-state index contributed by atoms with van der Waals surface area (Å²) < 4.78 is 37.4. The van der Waals surface area contributed by atoms with Gasteiger partial charge in [0, 0.05) is 0 Å². The molecule has 0 N–H and O–H groups in total. The maximum atomic E-state index is 12.5. The molecule has 0 spiro atoms. The topological polar surface area (TPSA) is 29.4 Å². The van der Waals surface area contributed by atoms with Gasteiger partial charge in [-0.25, -0.2) is 0 Å². The van der Waals surface area contributed by atoms with Gasteiger partial charge >= 0.3 is 6.18 Å². The molecule has 0 aliphatic rings. The summed E-state index contributed by atoms with van der Waals surface area (Å²) in [5.41, 5.74) is -0.509. The fraction of sp³-hybridized carbons (Fsp3) is 0.455. The summed E-state index contributed by atoms with van der Waals surface area (Å²) in [6, 6.07) is 3.22. The summed E-state index contributed by atoms with van der Waals surface area (Å²) in [7, 11) is 0. The van der Waals surface area contributed by atoms with Gasteiger partial charge in [-0.05, 0) is 41.3 Å². The van der Waals surface area contributed by atoms with E-state index in [1.54, 1.807) is 0 Å². The molecule has 16 heavy (non-hydrogen) atoms. The predicted octanol–water partition coefficient (Wildman–Crippen LogP) is 4.30. The zero-order chi connectivity index (χ0) is 12.3. The van der Waals surface area contributed by atoms with E-state index in [2.05, 4.69) is 5.18 Å². The maximum Gasteiger partial charge on any atom is 0.416 e. The number of hydrogen-bond donors (Lipinski definition) is 0. The van der Waals surface area contributed by atoms with Gasteiger partial charge in [0.1, 0.15) is 5.69 Å². The highest BCUT2D eigenvalue weighted by Gasteiger charge is 2.31. The van der Waals surface area contributed by atoms with Crippen LogP contribution in [0.15, 0.2) is 23.4 Å². The van der Waals surface area contributed by atoms with Crippen molar-refractivity contribution >= 4 is 5.69 Å². The Bertz CT molecular complexity index is 385. The van der Waals surface area contributed by atoms with E-state index in [-0.39, 0.29) is 11.6 Å². The Morgan fingerprint density at radius 1 is 1.25 bits per heavy atom. The molecule has 1 rings (SSSR count). The van der Waals surface area contributed by atoms with E-state index in [9.17, 15) is 18.1 Å². The lowest BCUT2D eigenvalue weighted by Gasteiger charge is -2.10. The molecule has 5 heteroatoms. The lowest BCUT2D eigenvalue weighted by Crippen LogP contribution is -2.06. The molecule has 1 aromatic carbocycles. The van der Waals surface area contributed by atoms with Gasteiger partial charge in [0.2, 0.25) is 0 Å². The lowest BCUT2D eigenvalue weighted by atomic mass is 10.00. The summed E-state index contributed by atoms with van der Waals surface area (Å²) in [6.45, 7) is 3.79. The van der Waals surface area contributed by atoms with Gasteiger partial charge in [0.15, 0.2) is 0 Å². The van der Waals surface area contributed by atoms with Gasteiger partial charge in [-0.1, -0.05) is 13.8 Å². The molecule has 88 valence electrons. The van der Waals surface area contributed by atoms with Gasteiger partial charge in [-0.2, -0.15) is 13.2 Å². The van der Waals surface area contributed by atoms with E-state index in [0.717, 1.165) is 12.1 Å². The summed E-state index contributed by atoms with van der Waals surface area (Å²) in [6.07, 6.45) is -3.95. The third-order valence-electron chi connectivity index (χ3n) is 2.05. The van der Waals surface area contributed by atoms with Crippen molar-refractivity contribution in [2.75, 3.05) is 0 Å². The van der Waals surface area contributed by atoms with Gasteiger partial charge in [-0.15, -0.1) is 4.91 Å². The second-order valence-corrected chi connectivity index (χ2v) is 4.08. The lowest BCUT2D eigenvalue weighted by molar-refractivity contribution is -0.137. The highest BCUT2D eigenvalue weighted by molar-refractivity contribution is 5.45. The second-order valence-electron chi connectivity index (χ2n) is 4.08. The molecule has 1 aromatic rings. The van der Waals surface area contributed by atoms with Crippen LogP contribution in [0, 0.1) is 10.8 Å². The molecule has 0 amide bonds. The number of nitroso groups, excluding NO2 is 1. The molecule has 0 heterocycles. The van der Waals surface area contributed by atoms with Gasteiger partial charge in [-0.3, -0.25) is 0 Å². The third kappa shape index (κ3) is 3.32. The Labute approximate surface area is 91.4 Å². The van der Waals surface area contributed by atoms with Crippen LogP contribution < -0.4 is 0 Å². The zero-order valence-corrected chi connectivity index (χ0v) is 9.01. The van der Waals surface area contributed by atoms with E-state index in [4.69, 9.17) is 0 Å². The monoisotopic (exact) mass is 231 g/mol. The normalized spacial score (nSPS) is 11.9. The van der Waals surface area contributed by atoms with E-state index in [1.165, 1.54) is 6.07 Å². The van der Waals surface area contributed by atoms with Crippen LogP contribution in [0.2, 0.25) is 0 Å². The molecule has 0 unspecified atom stereocenters. The molecule has 0 atom stereocenters. The fourth-order valence-corrected chi connectivity index (χ4v) is 1.48. The van der Waals surface area contributed by atoms with E-state index >= 15 is 0 Å². The van der Waals surface area contributed by atoms with Crippen LogP contribution in [-0.2, 0) is 12.6 Å². The first-order valence-corrected chi connectivity index (χ1v) is 4.87. The minimum Gasteiger partial charge on any atom is -0.166 e. The summed E-state index contributed by atoms with van der Waals surface area (Å²) >= 11 is 0. The summed E-state index contributed by atoms with van der Waals surface area (Å²) in [5, 5.41) is 2.56. The first-order chi connectivity index (χ1) is 7.32. The average Bonchev–Trinajstić information content (AvgIpc) is 2.14. The molecule has 0 bridgehead atoms. The molecule has 0 aromatic heterocycles. The van der Waals surface area contributed by atoms with Gasteiger partial charge < -0.3 is 0 Å². The molecule has 0 fully saturated rings. The van der Waals surface area contributed by atoms with Crippen LogP contribution in [0.1, 0.15) is 25.0 Å². The standard InChI is InChI=1S/C11H12F3NO/c1-7(2)3-8-4-9(11(12,13)14)6-10(5-8)15-16/h4-7H,3H2,1-2H3. The maximum absolute atomic E-state index is 12.5. The number of alkyl halides is 3. The predicted molar refractivity (Wildman–Crippen MR) is 55.4 cm³/mol. The molecular weight excluding hydrogens is 219 g/mol. The second kappa shape index (κ2) is 4.63. The van der Waals surface area contributed by atoms with Crippen molar-refractivity contribution in [2.45, 2.75) is 26.4 Å². The largest absolute Gasteiger partial charge is 0.416 e. The fourth-order valence-electron chi connectivity index (χ4n) is 1.48. The van der Waals surface area contributed by atoms with Gasteiger partial charge in [0.25, 0.3) is 0 Å². The first-order valence-electron chi connectivity index (χ1n) is 4.87. The van der Waals surface area contributed by atoms with E-state index in [1.807, 2.05) is 13.8 Å². The van der Waals surface area contributed by atoms with Crippen molar-refractivity contribution in [3.8, 4) is 0 Å². The molecule has 0 radical (unpaired) electrons. The number of rotatable bonds is 3. The van der Waals surface area contributed by atoms with Crippen molar-refractivity contribution in [3.05, 3.63) is 34.2 Å². The van der Waals surface area contributed by atoms with E-state index < -0.39 is 11.7 Å². The highest BCUT2D eigenvalue weighted by atomic mass is 19.4. The number of nitrogens with zero attached hydrogens (tertiary/aromatic N) is 1. The number of halogens is 3. The van der Waals surface area contributed by atoms with Crippen molar-refractivity contribution in [1.82, 2.24) is 0 Å². The number of hydrogen-bond acceptors (Lipinski definition) is 2. The first kappa shape index (κ1) is 12.7. The summed E-state index contributed by atoms with van der Waals surface area (Å²) in [4.78, 5) is 10.3. The van der Waals surface area contributed by atoms with Crippen LogP contribution in [0.4, 0.5) is 18.9 Å². The molecule has 0 saturated carbocycles. The van der Waals surface area contributed by atoms with Crippen molar-refractivity contribution in [1.29, 1.82) is 0 Å². The molecule has 0 aliphatic heterocycles. The molecule has 0 saturated heterocycles. The van der Waals surface area contributed by atoms with Gasteiger partial charge in [0.05, 0.1) is 5.56 Å². The van der Waals surface area contributed by atoms with Crippen LogP contribution in [0.3, 0.4) is 0 Å². The van der Waals surface area contributed by atoms with Crippen LogP contribution in [-0.4, -0.2) is 0 Å². The Hall–Kier alpha value is -1.39. The minimum atomic E-state index is -4.44.